The number of pyridine rings is 1. The Balaban J connectivity index is 2.73. The second-order valence-electron chi connectivity index (χ2n) is 3.38. The van der Waals surface area contributed by atoms with Crippen LogP contribution >= 0.6 is 0 Å². The van der Waals surface area contributed by atoms with Crippen molar-refractivity contribution in [2.24, 2.45) is 0 Å². The van der Waals surface area contributed by atoms with E-state index in [2.05, 4.69) is 0 Å². The summed E-state index contributed by atoms with van der Waals surface area (Å²) in [6.07, 6.45) is 2.08. The Labute approximate surface area is 79.1 Å². The maximum absolute atomic E-state index is 12.6. The van der Waals surface area contributed by atoms with Gasteiger partial charge in [0.1, 0.15) is 0 Å². The average Bonchev–Trinajstić information content (AvgIpc) is 2.52. The molecule has 0 fully saturated rings. The normalized spacial score (nSPS) is 14.8. The predicted molar refractivity (Wildman–Crippen MR) is 48.4 cm³/mol. The molecule has 0 bridgehead atoms. The molecule has 0 radical (unpaired) electrons. The van der Waals surface area contributed by atoms with E-state index in [1.807, 2.05) is 0 Å². The molecule has 2 rings (SSSR count). The number of fused-ring (bicyclic) bond motifs is 1. The van der Waals surface area contributed by atoms with E-state index in [0.717, 1.165) is 18.4 Å². The molecular weight excluding hydrogens is 190 g/mol. The molecule has 3 nitrogen and oxygen atoms in total. The van der Waals surface area contributed by atoms with Gasteiger partial charge in [0, 0.05) is 5.69 Å². The maximum Gasteiger partial charge on any atom is 0.321 e. The number of hydrogen-bond donors (Lipinski definition) is 1. The van der Waals surface area contributed by atoms with Crippen LogP contribution in [0.1, 0.15) is 24.2 Å². The molecule has 0 unspecified atom stereocenters. The van der Waals surface area contributed by atoms with Crippen LogP contribution in [-0.4, -0.2) is 4.57 Å². The molecule has 0 saturated heterocycles. The SMILES string of the molecule is Nc1cc2c(n(C(F)F)c1=O)CCC2. The van der Waals surface area contributed by atoms with Gasteiger partial charge in [-0.15, -0.1) is 0 Å². The molecule has 0 atom stereocenters. The Morgan fingerprint density at radius 3 is 2.79 bits per heavy atom. The first-order chi connectivity index (χ1) is 6.61. The fourth-order valence-electron chi connectivity index (χ4n) is 1.90. The highest BCUT2D eigenvalue weighted by atomic mass is 19.3. The van der Waals surface area contributed by atoms with Gasteiger partial charge < -0.3 is 5.73 Å². The van der Waals surface area contributed by atoms with Crippen molar-refractivity contribution < 1.29 is 8.78 Å². The highest BCUT2D eigenvalue weighted by Crippen LogP contribution is 2.25. The topological polar surface area (TPSA) is 48.0 Å². The van der Waals surface area contributed by atoms with Gasteiger partial charge in [0.25, 0.3) is 5.56 Å². The van der Waals surface area contributed by atoms with E-state index in [0.29, 0.717) is 16.7 Å². The third-order valence-corrected chi connectivity index (χ3v) is 2.51. The molecule has 1 aromatic rings. The average molecular weight is 200 g/mol. The van der Waals surface area contributed by atoms with E-state index in [1.54, 1.807) is 0 Å². The van der Waals surface area contributed by atoms with Gasteiger partial charge in [-0.25, -0.2) is 0 Å². The van der Waals surface area contributed by atoms with Gasteiger partial charge in [0.2, 0.25) is 0 Å². The zero-order valence-corrected chi connectivity index (χ0v) is 7.46. The summed E-state index contributed by atoms with van der Waals surface area (Å²) in [7, 11) is 0. The van der Waals surface area contributed by atoms with Gasteiger partial charge in [-0.3, -0.25) is 9.36 Å². The van der Waals surface area contributed by atoms with Crippen molar-refractivity contribution in [2.45, 2.75) is 25.8 Å². The largest absolute Gasteiger partial charge is 0.394 e. The van der Waals surface area contributed by atoms with Crippen LogP contribution < -0.4 is 11.3 Å². The second kappa shape index (κ2) is 3.08. The molecule has 1 aromatic heterocycles. The maximum atomic E-state index is 12.6. The van der Waals surface area contributed by atoms with E-state index < -0.39 is 12.1 Å². The number of nitrogen functional groups attached to an aromatic ring is 1. The van der Waals surface area contributed by atoms with Crippen molar-refractivity contribution >= 4 is 5.69 Å². The number of hydrogen-bond acceptors (Lipinski definition) is 2. The summed E-state index contributed by atoms with van der Waals surface area (Å²) in [5.74, 6) is 0. The Morgan fingerprint density at radius 1 is 1.43 bits per heavy atom. The molecule has 1 aliphatic carbocycles. The van der Waals surface area contributed by atoms with E-state index in [-0.39, 0.29) is 5.69 Å². The van der Waals surface area contributed by atoms with Gasteiger partial charge in [-0.2, -0.15) is 8.78 Å². The van der Waals surface area contributed by atoms with Crippen LogP contribution in [0.2, 0.25) is 0 Å². The molecule has 5 heteroatoms. The highest BCUT2D eigenvalue weighted by molar-refractivity contribution is 5.42. The van der Waals surface area contributed by atoms with Gasteiger partial charge in [-0.1, -0.05) is 0 Å². The minimum absolute atomic E-state index is 0.0917. The summed E-state index contributed by atoms with van der Waals surface area (Å²) < 4.78 is 25.7. The summed E-state index contributed by atoms with van der Waals surface area (Å²) in [6, 6.07) is 1.52. The van der Waals surface area contributed by atoms with Gasteiger partial charge in [0.15, 0.2) is 0 Å². The number of nitrogens with zero attached hydrogens (tertiary/aromatic N) is 1. The summed E-state index contributed by atoms with van der Waals surface area (Å²) in [6.45, 7) is -2.79. The molecule has 0 aliphatic heterocycles. The third-order valence-electron chi connectivity index (χ3n) is 2.51. The molecule has 76 valence electrons. The lowest BCUT2D eigenvalue weighted by molar-refractivity contribution is 0.0637. The summed E-state index contributed by atoms with van der Waals surface area (Å²) >= 11 is 0. The van der Waals surface area contributed by atoms with Crippen LogP contribution in [0.4, 0.5) is 14.5 Å². The van der Waals surface area contributed by atoms with Crippen molar-refractivity contribution in [3.8, 4) is 0 Å². The van der Waals surface area contributed by atoms with Crippen molar-refractivity contribution in [3.63, 3.8) is 0 Å². The molecule has 14 heavy (non-hydrogen) atoms. The second-order valence-corrected chi connectivity index (χ2v) is 3.38. The number of halogens is 2. The molecule has 1 heterocycles. The molecule has 0 spiro atoms. The monoisotopic (exact) mass is 200 g/mol. The van der Waals surface area contributed by atoms with Crippen molar-refractivity contribution in [1.29, 1.82) is 0 Å². The predicted octanol–water partition coefficient (Wildman–Crippen LogP) is 1.31. The van der Waals surface area contributed by atoms with Gasteiger partial charge in [-0.05, 0) is 30.9 Å². The Morgan fingerprint density at radius 2 is 2.14 bits per heavy atom. The lowest BCUT2D eigenvalue weighted by atomic mass is 10.2. The smallest absolute Gasteiger partial charge is 0.321 e. The Bertz CT molecular complexity index is 426. The molecular formula is C9H10F2N2O. The number of aryl methyl sites for hydroxylation is 1. The number of alkyl halides is 2. The van der Waals surface area contributed by atoms with Gasteiger partial charge >= 0.3 is 6.55 Å². The lowest BCUT2D eigenvalue weighted by Crippen LogP contribution is -2.26. The van der Waals surface area contributed by atoms with Crippen LogP contribution in [0.3, 0.4) is 0 Å². The number of aromatic nitrogens is 1. The molecule has 2 N–H and O–H groups in total. The first-order valence-corrected chi connectivity index (χ1v) is 4.42. The van der Waals surface area contributed by atoms with E-state index in [9.17, 15) is 13.6 Å². The Hall–Kier alpha value is -1.39. The fourth-order valence-corrected chi connectivity index (χ4v) is 1.90. The summed E-state index contributed by atoms with van der Waals surface area (Å²) in [4.78, 5) is 11.3. The number of anilines is 1. The van der Waals surface area contributed by atoms with E-state index in [4.69, 9.17) is 5.73 Å². The summed E-state index contributed by atoms with van der Waals surface area (Å²) in [5, 5.41) is 0. The molecule has 0 amide bonds. The van der Waals surface area contributed by atoms with Crippen LogP contribution in [-0.2, 0) is 12.8 Å². The van der Waals surface area contributed by atoms with Crippen LogP contribution in [0.15, 0.2) is 10.9 Å². The highest BCUT2D eigenvalue weighted by Gasteiger charge is 2.22. The van der Waals surface area contributed by atoms with E-state index in [1.165, 1.54) is 6.07 Å². The minimum atomic E-state index is -2.79. The minimum Gasteiger partial charge on any atom is -0.394 e. The molecule has 0 saturated carbocycles. The first-order valence-electron chi connectivity index (χ1n) is 4.42. The van der Waals surface area contributed by atoms with Crippen molar-refractivity contribution in [3.05, 3.63) is 27.7 Å². The zero-order chi connectivity index (χ0) is 10.3. The van der Waals surface area contributed by atoms with Crippen LogP contribution in [0.5, 0.6) is 0 Å². The fraction of sp³-hybridized carbons (Fsp3) is 0.444. The van der Waals surface area contributed by atoms with E-state index >= 15 is 0 Å². The van der Waals surface area contributed by atoms with Crippen LogP contribution in [0, 0.1) is 0 Å². The number of rotatable bonds is 1. The summed E-state index contributed by atoms with van der Waals surface area (Å²) in [5.41, 5.74) is 5.72. The zero-order valence-electron chi connectivity index (χ0n) is 7.46. The third kappa shape index (κ3) is 1.20. The van der Waals surface area contributed by atoms with Crippen molar-refractivity contribution in [2.75, 3.05) is 5.73 Å². The molecule has 1 aliphatic rings. The van der Waals surface area contributed by atoms with Gasteiger partial charge in [0.05, 0.1) is 5.69 Å². The number of nitrogens with two attached hydrogens (primary N) is 1. The molecule has 0 aromatic carbocycles. The lowest BCUT2D eigenvalue weighted by Gasteiger charge is -2.11. The first kappa shape index (κ1) is 9.18. The van der Waals surface area contributed by atoms with Crippen LogP contribution in [0.25, 0.3) is 0 Å². The van der Waals surface area contributed by atoms with Crippen molar-refractivity contribution in [1.82, 2.24) is 4.57 Å². The standard InChI is InChI=1S/C9H10F2N2O/c10-9(11)13-7-3-1-2-5(7)4-6(12)8(13)14/h4,9H,1-3,12H2. The quantitative estimate of drug-likeness (QED) is 0.743. The Kier molecular flexibility index (Phi) is 2.02.